The summed E-state index contributed by atoms with van der Waals surface area (Å²) in [6.45, 7) is 5.25. The van der Waals surface area contributed by atoms with E-state index in [1.807, 2.05) is 49.1 Å². The second kappa shape index (κ2) is 7.51. The summed E-state index contributed by atoms with van der Waals surface area (Å²) in [7, 11) is 1.62. The Morgan fingerprint density at radius 2 is 2.08 bits per heavy atom. The van der Waals surface area contributed by atoms with E-state index in [0.717, 1.165) is 30.2 Å². The molecule has 0 aliphatic carbocycles. The van der Waals surface area contributed by atoms with E-state index in [4.69, 9.17) is 9.47 Å². The van der Waals surface area contributed by atoms with E-state index in [1.54, 1.807) is 7.11 Å². The quantitative estimate of drug-likeness (QED) is 0.835. The molecule has 2 aromatic rings. The van der Waals surface area contributed by atoms with Gasteiger partial charge in [-0.25, -0.2) is 4.98 Å². The van der Waals surface area contributed by atoms with Crippen molar-refractivity contribution >= 4 is 5.91 Å². The minimum Gasteiger partial charge on any atom is -0.497 e. The Bertz CT molecular complexity index is 763. The molecule has 0 saturated carbocycles. The number of likely N-dealkylation sites (tertiary alicyclic amines) is 1. The third kappa shape index (κ3) is 4.07. The van der Waals surface area contributed by atoms with Crippen molar-refractivity contribution < 1.29 is 14.3 Å². The average molecular weight is 341 g/mol. The van der Waals surface area contributed by atoms with E-state index in [2.05, 4.69) is 9.97 Å². The molecule has 2 heterocycles. The van der Waals surface area contributed by atoms with E-state index in [0.29, 0.717) is 24.6 Å². The fourth-order valence-corrected chi connectivity index (χ4v) is 3.00. The van der Waals surface area contributed by atoms with Gasteiger partial charge in [0.05, 0.1) is 7.11 Å². The van der Waals surface area contributed by atoms with Crippen LogP contribution in [0.15, 0.2) is 30.3 Å². The van der Waals surface area contributed by atoms with Crippen LogP contribution in [-0.4, -0.2) is 41.0 Å². The van der Waals surface area contributed by atoms with Gasteiger partial charge in [-0.05, 0) is 25.5 Å². The number of hydrogen-bond donors (Lipinski definition) is 0. The summed E-state index contributed by atoms with van der Waals surface area (Å²) in [4.78, 5) is 22.9. The summed E-state index contributed by atoms with van der Waals surface area (Å²) in [5.41, 5.74) is 0.850. The number of rotatable bonds is 5. The number of amides is 1. The smallest absolute Gasteiger partial charge is 0.222 e. The van der Waals surface area contributed by atoms with Crippen molar-refractivity contribution in [1.29, 1.82) is 0 Å². The van der Waals surface area contributed by atoms with Crippen molar-refractivity contribution in [3.05, 3.63) is 41.9 Å². The van der Waals surface area contributed by atoms with E-state index in [-0.39, 0.29) is 11.8 Å². The van der Waals surface area contributed by atoms with Crippen LogP contribution in [0.1, 0.15) is 37.2 Å². The van der Waals surface area contributed by atoms with E-state index < -0.39 is 0 Å². The zero-order chi connectivity index (χ0) is 17.8. The predicted octanol–water partition coefficient (Wildman–Crippen LogP) is 3.31. The molecule has 0 unspecified atom stereocenters. The number of hydrogen-bond acceptors (Lipinski definition) is 5. The normalized spacial score (nSPS) is 16.8. The van der Waals surface area contributed by atoms with Crippen LogP contribution in [0, 0.1) is 6.92 Å². The molecule has 6 heteroatoms. The zero-order valence-corrected chi connectivity index (χ0v) is 14.9. The van der Waals surface area contributed by atoms with Gasteiger partial charge in [-0.3, -0.25) is 4.79 Å². The Kier molecular flexibility index (Phi) is 5.16. The van der Waals surface area contributed by atoms with Crippen LogP contribution in [0.4, 0.5) is 0 Å². The molecular weight excluding hydrogens is 318 g/mol. The summed E-state index contributed by atoms with van der Waals surface area (Å²) in [5.74, 6) is 2.98. The number of nitrogens with zero attached hydrogens (tertiary/aromatic N) is 3. The van der Waals surface area contributed by atoms with Crippen LogP contribution in [0.25, 0.3) is 0 Å². The monoisotopic (exact) mass is 341 g/mol. The van der Waals surface area contributed by atoms with Crippen molar-refractivity contribution in [2.75, 3.05) is 20.2 Å². The first-order valence-electron chi connectivity index (χ1n) is 8.54. The van der Waals surface area contributed by atoms with Crippen LogP contribution in [-0.2, 0) is 4.79 Å². The standard InChI is InChI=1S/C19H23N3O3/c1-4-18(23)22-9-8-14(12-22)19-20-13(2)10-17(21-19)25-16-7-5-6-15(11-16)24-3/h5-7,10-11,14H,4,8-9,12H2,1-3H3/t14-/m0/s1. The molecule has 1 atom stereocenters. The van der Waals surface area contributed by atoms with Crippen molar-refractivity contribution in [2.24, 2.45) is 0 Å². The van der Waals surface area contributed by atoms with Gasteiger partial charge in [-0.15, -0.1) is 0 Å². The highest BCUT2D eigenvalue weighted by Gasteiger charge is 2.28. The molecule has 1 aromatic heterocycles. The number of benzene rings is 1. The third-order valence-electron chi connectivity index (χ3n) is 4.32. The van der Waals surface area contributed by atoms with Crippen molar-refractivity contribution in [2.45, 2.75) is 32.6 Å². The predicted molar refractivity (Wildman–Crippen MR) is 94.1 cm³/mol. The summed E-state index contributed by atoms with van der Waals surface area (Å²) < 4.78 is 11.1. The summed E-state index contributed by atoms with van der Waals surface area (Å²) in [6, 6.07) is 9.22. The molecule has 3 rings (SSSR count). The van der Waals surface area contributed by atoms with E-state index in [9.17, 15) is 4.79 Å². The van der Waals surface area contributed by atoms with Gasteiger partial charge >= 0.3 is 0 Å². The van der Waals surface area contributed by atoms with Crippen LogP contribution >= 0.6 is 0 Å². The van der Waals surface area contributed by atoms with Gasteiger partial charge in [0.15, 0.2) is 0 Å². The number of carbonyl (C=O) groups excluding carboxylic acids is 1. The van der Waals surface area contributed by atoms with Gasteiger partial charge in [0.1, 0.15) is 17.3 Å². The maximum Gasteiger partial charge on any atom is 0.222 e. The maximum atomic E-state index is 11.9. The first kappa shape index (κ1) is 17.2. The molecule has 1 amide bonds. The Hall–Kier alpha value is -2.63. The first-order chi connectivity index (χ1) is 12.1. The molecule has 1 aliphatic rings. The highest BCUT2D eigenvalue weighted by molar-refractivity contribution is 5.76. The fourth-order valence-electron chi connectivity index (χ4n) is 3.00. The van der Waals surface area contributed by atoms with Crippen LogP contribution in [0.3, 0.4) is 0 Å². The Morgan fingerprint density at radius 3 is 2.84 bits per heavy atom. The molecule has 0 spiro atoms. The second-order valence-electron chi connectivity index (χ2n) is 6.17. The number of methoxy groups -OCH3 is 1. The number of aromatic nitrogens is 2. The molecule has 1 saturated heterocycles. The van der Waals surface area contributed by atoms with Crippen molar-refractivity contribution in [3.63, 3.8) is 0 Å². The van der Waals surface area contributed by atoms with Crippen molar-refractivity contribution in [3.8, 4) is 17.4 Å². The van der Waals surface area contributed by atoms with Crippen LogP contribution in [0.2, 0.25) is 0 Å². The van der Waals surface area contributed by atoms with Crippen LogP contribution in [0.5, 0.6) is 17.4 Å². The van der Waals surface area contributed by atoms with Gasteiger partial charge in [-0.2, -0.15) is 4.98 Å². The molecule has 1 aliphatic heterocycles. The molecule has 0 bridgehead atoms. The lowest BCUT2D eigenvalue weighted by Gasteiger charge is -2.15. The Balaban J connectivity index is 1.78. The van der Waals surface area contributed by atoms with Gasteiger partial charge in [0.25, 0.3) is 0 Å². The molecule has 0 radical (unpaired) electrons. The summed E-state index contributed by atoms with van der Waals surface area (Å²) >= 11 is 0. The lowest BCUT2D eigenvalue weighted by Crippen LogP contribution is -2.27. The van der Waals surface area contributed by atoms with Crippen LogP contribution < -0.4 is 9.47 Å². The van der Waals surface area contributed by atoms with Gasteiger partial charge in [-0.1, -0.05) is 13.0 Å². The largest absolute Gasteiger partial charge is 0.497 e. The summed E-state index contributed by atoms with van der Waals surface area (Å²) in [6.07, 6.45) is 1.42. The van der Waals surface area contributed by atoms with E-state index in [1.165, 1.54) is 0 Å². The highest BCUT2D eigenvalue weighted by Crippen LogP contribution is 2.29. The summed E-state index contributed by atoms with van der Waals surface area (Å²) in [5, 5.41) is 0. The molecule has 1 fully saturated rings. The minimum atomic E-state index is 0.156. The fraction of sp³-hybridized carbons (Fsp3) is 0.421. The molecule has 132 valence electrons. The topological polar surface area (TPSA) is 64.6 Å². The third-order valence-corrected chi connectivity index (χ3v) is 4.32. The maximum absolute atomic E-state index is 11.9. The highest BCUT2D eigenvalue weighted by atomic mass is 16.5. The SMILES string of the molecule is CCC(=O)N1CC[C@H](c2nc(C)cc(Oc3cccc(OC)c3)n2)C1. The molecule has 25 heavy (non-hydrogen) atoms. The van der Waals surface area contributed by atoms with Crippen molar-refractivity contribution in [1.82, 2.24) is 14.9 Å². The Labute approximate surface area is 147 Å². The van der Waals surface area contributed by atoms with Gasteiger partial charge in [0, 0.05) is 43.3 Å². The lowest BCUT2D eigenvalue weighted by molar-refractivity contribution is -0.129. The first-order valence-corrected chi connectivity index (χ1v) is 8.54. The number of aryl methyl sites for hydroxylation is 1. The molecule has 1 aromatic carbocycles. The zero-order valence-electron chi connectivity index (χ0n) is 14.9. The number of ether oxygens (including phenoxy) is 2. The van der Waals surface area contributed by atoms with Gasteiger partial charge < -0.3 is 14.4 Å². The lowest BCUT2D eigenvalue weighted by atomic mass is 10.1. The second-order valence-corrected chi connectivity index (χ2v) is 6.17. The average Bonchev–Trinajstić information content (AvgIpc) is 3.11. The Morgan fingerprint density at radius 1 is 1.28 bits per heavy atom. The van der Waals surface area contributed by atoms with Gasteiger partial charge in [0.2, 0.25) is 11.8 Å². The number of carbonyl (C=O) groups is 1. The molecule has 0 N–H and O–H groups in total. The van der Waals surface area contributed by atoms with E-state index >= 15 is 0 Å². The molecule has 6 nitrogen and oxygen atoms in total. The minimum absolute atomic E-state index is 0.156. The molecular formula is C19H23N3O3.